The number of anilines is 1. The third kappa shape index (κ3) is 3.59. The molecule has 1 N–H and O–H groups in total. The van der Waals surface area contributed by atoms with Crippen molar-refractivity contribution in [3.63, 3.8) is 0 Å². The summed E-state index contributed by atoms with van der Waals surface area (Å²) in [7, 11) is 1.64. The third-order valence-corrected chi connectivity index (χ3v) is 5.62. The monoisotopic (exact) mass is 431 g/mol. The molecule has 1 aromatic carbocycles. The van der Waals surface area contributed by atoms with Crippen LogP contribution < -0.4 is 5.32 Å². The third-order valence-electron chi connectivity index (χ3n) is 5.62. The molecule has 3 aromatic heterocycles. The van der Waals surface area contributed by atoms with Gasteiger partial charge in [0.25, 0.3) is 5.91 Å². The van der Waals surface area contributed by atoms with Gasteiger partial charge in [-0.05, 0) is 30.0 Å². The second-order valence-electron chi connectivity index (χ2n) is 7.81. The molecule has 162 valence electrons. The lowest BCUT2D eigenvalue weighted by atomic mass is 10.1. The van der Waals surface area contributed by atoms with Gasteiger partial charge in [0.15, 0.2) is 12.0 Å². The number of nitrogens with zero attached hydrogens (tertiary/aromatic N) is 6. The molecule has 1 saturated heterocycles. The quantitative estimate of drug-likeness (QED) is 0.479. The fourth-order valence-electron chi connectivity index (χ4n) is 3.95. The Morgan fingerprint density at radius 1 is 1.28 bits per heavy atom. The lowest BCUT2D eigenvalue weighted by Gasteiger charge is -2.17. The van der Waals surface area contributed by atoms with Gasteiger partial charge in [0, 0.05) is 50.2 Å². The van der Waals surface area contributed by atoms with Crippen molar-refractivity contribution in [1.82, 2.24) is 29.8 Å². The van der Waals surface area contributed by atoms with E-state index in [2.05, 4.69) is 25.5 Å². The van der Waals surface area contributed by atoms with Crippen molar-refractivity contribution < 1.29 is 14.1 Å². The molecule has 0 aliphatic carbocycles. The molecule has 1 fully saturated rings. The zero-order valence-corrected chi connectivity index (χ0v) is 17.6. The van der Waals surface area contributed by atoms with E-state index in [1.807, 2.05) is 24.3 Å². The van der Waals surface area contributed by atoms with Gasteiger partial charge in [-0.15, -0.1) is 0 Å². The van der Waals surface area contributed by atoms with Crippen LogP contribution in [0.25, 0.3) is 22.2 Å². The Kier molecular flexibility index (Phi) is 4.89. The van der Waals surface area contributed by atoms with Crippen molar-refractivity contribution in [2.24, 2.45) is 7.05 Å². The Balaban J connectivity index is 1.35. The van der Waals surface area contributed by atoms with Crippen molar-refractivity contribution in [2.45, 2.75) is 19.4 Å². The van der Waals surface area contributed by atoms with Crippen LogP contribution in [0.15, 0.2) is 41.1 Å². The largest absolute Gasteiger partial charge is 0.365 e. The van der Waals surface area contributed by atoms with Gasteiger partial charge in [-0.3, -0.25) is 14.3 Å². The normalized spacial score (nSPS) is 15.9. The first-order valence-corrected chi connectivity index (χ1v) is 10.3. The lowest BCUT2D eigenvalue weighted by Crippen LogP contribution is -2.32. The number of likely N-dealkylation sites (tertiary alicyclic amines) is 1. The molecule has 0 spiro atoms. The number of carbonyl (C=O) groups is 2. The van der Waals surface area contributed by atoms with Gasteiger partial charge in [-0.1, -0.05) is 17.3 Å². The van der Waals surface area contributed by atoms with Crippen LogP contribution in [0, 0.1) is 6.92 Å². The molecule has 1 aliphatic heterocycles. The molecule has 32 heavy (non-hydrogen) atoms. The molecule has 10 heteroatoms. The molecular formula is C22H21N7O3. The Labute approximate surface area is 183 Å². The van der Waals surface area contributed by atoms with E-state index in [1.54, 1.807) is 25.1 Å². The highest BCUT2D eigenvalue weighted by molar-refractivity contribution is 5.95. The van der Waals surface area contributed by atoms with Crippen LogP contribution in [-0.2, 0) is 7.05 Å². The van der Waals surface area contributed by atoms with E-state index in [9.17, 15) is 9.59 Å². The summed E-state index contributed by atoms with van der Waals surface area (Å²) in [6.45, 7) is 2.87. The molecule has 0 bridgehead atoms. The van der Waals surface area contributed by atoms with Gasteiger partial charge >= 0.3 is 0 Å². The van der Waals surface area contributed by atoms with Crippen LogP contribution in [0.2, 0.25) is 0 Å². The minimum absolute atomic E-state index is 0.0439. The Morgan fingerprint density at radius 2 is 2.16 bits per heavy atom. The number of aromatic nitrogens is 5. The highest BCUT2D eigenvalue weighted by atomic mass is 16.5. The zero-order valence-electron chi connectivity index (χ0n) is 17.6. The van der Waals surface area contributed by atoms with E-state index in [0.717, 1.165) is 28.6 Å². The van der Waals surface area contributed by atoms with E-state index >= 15 is 0 Å². The van der Waals surface area contributed by atoms with Gasteiger partial charge in [0.05, 0.1) is 0 Å². The predicted molar refractivity (Wildman–Crippen MR) is 116 cm³/mol. The van der Waals surface area contributed by atoms with E-state index in [0.29, 0.717) is 36.8 Å². The standard InChI is InChI=1S/C22H21N7O3/c1-13-24-20(27-32-13)15-4-3-14-5-7-23-21(18(14)9-15)25-16-6-8-29(11-16)22(31)19-10-17(12-30)28(2)26-19/h3-5,7,9-10,12,16H,6,8,11H2,1-2H3,(H,23,25). The summed E-state index contributed by atoms with van der Waals surface area (Å²) in [4.78, 5) is 34.4. The molecule has 5 rings (SSSR count). The lowest BCUT2D eigenvalue weighted by molar-refractivity contribution is 0.0785. The average Bonchev–Trinajstić information content (AvgIpc) is 3.53. The fraction of sp³-hybridized carbons (Fsp3) is 0.273. The molecule has 4 aromatic rings. The Hall–Kier alpha value is -4.08. The van der Waals surface area contributed by atoms with Crippen molar-refractivity contribution in [1.29, 1.82) is 0 Å². The number of aryl methyl sites for hydroxylation is 2. The number of pyridine rings is 1. The summed E-state index contributed by atoms with van der Waals surface area (Å²) in [5, 5.41) is 13.6. The SMILES string of the molecule is Cc1nc(-c2ccc3ccnc(NC4CCN(C(=O)c5cc(C=O)n(C)n5)C4)c3c2)no1. The molecule has 1 unspecified atom stereocenters. The maximum absolute atomic E-state index is 12.8. The van der Waals surface area contributed by atoms with E-state index in [-0.39, 0.29) is 17.6 Å². The second kappa shape index (κ2) is 7.88. The van der Waals surface area contributed by atoms with E-state index in [1.165, 1.54) is 10.7 Å². The minimum Gasteiger partial charge on any atom is -0.365 e. The number of amides is 1. The number of fused-ring (bicyclic) bond motifs is 1. The summed E-state index contributed by atoms with van der Waals surface area (Å²) >= 11 is 0. The van der Waals surface area contributed by atoms with Gasteiger partial charge in [-0.2, -0.15) is 10.1 Å². The fourth-order valence-corrected chi connectivity index (χ4v) is 3.95. The smallest absolute Gasteiger partial charge is 0.274 e. The first-order valence-electron chi connectivity index (χ1n) is 10.3. The number of rotatable bonds is 5. The average molecular weight is 431 g/mol. The predicted octanol–water partition coefficient (Wildman–Crippen LogP) is 2.47. The van der Waals surface area contributed by atoms with Crippen LogP contribution in [0.3, 0.4) is 0 Å². The number of hydrogen-bond donors (Lipinski definition) is 1. The van der Waals surface area contributed by atoms with Crippen molar-refractivity contribution in [3.05, 3.63) is 53.8 Å². The molecule has 1 amide bonds. The summed E-state index contributed by atoms with van der Waals surface area (Å²) in [5.74, 6) is 1.60. The van der Waals surface area contributed by atoms with Crippen LogP contribution in [0.1, 0.15) is 33.3 Å². The van der Waals surface area contributed by atoms with Gasteiger partial charge < -0.3 is 14.7 Å². The minimum atomic E-state index is -0.182. The molecule has 0 saturated carbocycles. The highest BCUT2D eigenvalue weighted by Gasteiger charge is 2.29. The summed E-state index contributed by atoms with van der Waals surface area (Å²) in [6.07, 6.45) is 3.23. The summed E-state index contributed by atoms with van der Waals surface area (Å²) in [6, 6.07) is 9.45. The number of benzene rings is 1. The number of aldehydes is 1. The Bertz CT molecular complexity index is 1330. The molecule has 1 atom stereocenters. The molecule has 4 heterocycles. The van der Waals surface area contributed by atoms with Crippen molar-refractivity contribution in [3.8, 4) is 11.4 Å². The summed E-state index contributed by atoms with van der Waals surface area (Å²) < 4.78 is 6.51. The van der Waals surface area contributed by atoms with Crippen molar-refractivity contribution >= 4 is 28.8 Å². The highest BCUT2D eigenvalue weighted by Crippen LogP contribution is 2.28. The molecule has 0 radical (unpaired) electrons. The number of carbonyl (C=O) groups excluding carboxylic acids is 2. The molecule has 10 nitrogen and oxygen atoms in total. The van der Waals surface area contributed by atoms with E-state index in [4.69, 9.17) is 4.52 Å². The van der Waals surface area contributed by atoms with Crippen LogP contribution >= 0.6 is 0 Å². The van der Waals surface area contributed by atoms with Crippen LogP contribution in [0.4, 0.5) is 5.82 Å². The number of nitrogens with one attached hydrogen (secondary N) is 1. The van der Waals surface area contributed by atoms with E-state index < -0.39 is 0 Å². The van der Waals surface area contributed by atoms with Crippen LogP contribution in [-0.4, -0.2) is 61.1 Å². The number of hydrogen-bond acceptors (Lipinski definition) is 8. The zero-order chi connectivity index (χ0) is 22.2. The second-order valence-corrected chi connectivity index (χ2v) is 7.81. The first-order chi connectivity index (χ1) is 15.5. The van der Waals surface area contributed by atoms with Crippen LogP contribution in [0.5, 0.6) is 0 Å². The maximum Gasteiger partial charge on any atom is 0.274 e. The van der Waals surface area contributed by atoms with Gasteiger partial charge in [0.1, 0.15) is 11.5 Å². The molecule has 1 aliphatic rings. The van der Waals surface area contributed by atoms with Crippen molar-refractivity contribution in [2.75, 3.05) is 18.4 Å². The van der Waals surface area contributed by atoms with Gasteiger partial charge in [-0.25, -0.2) is 4.98 Å². The maximum atomic E-state index is 12.8. The first kappa shape index (κ1) is 19.9. The molecular weight excluding hydrogens is 410 g/mol. The topological polar surface area (TPSA) is 119 Å². The summed E-state index contributed by atoms with van der Waals surface area (Å²) in [5.41, 5.74) is 1.49. The Morgan fingerprint density at radius 3 is 2.91 bits per heavy atom. The van der Waals surface area contributed by atoms with Gasteiger partial charge in [0.2, 0.25) is 11.7 Å².